The first-order valence-corrected chi connectivity index (χ1v) is 8.57. The second-order valence-corrected chi connectivity index (χ2v) is 6.15. The molecule has 2 aromatic carbocycles. The molecule has 1 aromatic heterocycles. The highest BCUT2D eigenvalue weighted by atomic mass is 16.5. The summed E-state index contributed by atoms with van der Waals surface area (Å²) < 4.78 is 5.39. The Morgan fingerprint density at radius 3 is 2.62 bits per heavy atom. The van der Waals surface area contributed by atoms with E-state index in [0.29, 0.717) is 24.7 Å². The first kappa shape index (κ1) is 17.8. The monoisotopic (exact) mass is 350 g/mol. The minimum absolute atomic E-state index is 0.0899. The number of nitrogens with one attached hydrogen (secondary N) is 2. The van der Waals surface area contributed by atoms with Gasteiger partial charge in [0.1, 0.15) is 0 Å². The van der Waals surface area contributed by atoms with Gasteiger partial charge in [0.15, 0.2) is 5.82 Å². The van der Waals surface area contributed by atoms with Crippen LogP contribution in [0.25, 0.3) is 0 Å². The Morgan fingerprint density at radius 1 is 1.12 bits per heavy atom. The molecule has 2 N–H and O–H groups in total. The van der Waals surface area contributed by atoms with Crippen molar-refractivity contribution < 1.29 is 9.32 Å². The lowest BCUT2D eigenvalue weighted by Crippen LogP contribution is -2.20. The molecule has 1 amide bonds. The van der Waals surface area contributed by atoms with Gasteiger partial charge in [-0.2, -0.15) is 4.98 Å². The Morgan fingerprint density at radius 2 is 1.85 bits per heavy atom. The molecule has 0 aliphatic rings. The molecule has 3 rings (SSSR count). The van der Waals surface area contributed by atoms with Crippen LogP contribution in [0.1, 0.15) is 42.7 Å². The highest BCUT2D eigenvalue weighted by Crippen LogP contribution is 2.17. The fourth-order valence-electron chi connectivity index (χ4n) is 2.63. The Labute approximate surface area is 152 Å². The number of para-hydroxylation sites is 1. The van der Waals surface area contributed by atoms with Gasteiger partial charge in [0.2, 0.25) is 11.8 Å². The van der Waals surface area contributed by atoms with Crippen LogP contribution in [0.15, 0.2) is 59.1 Å². The zero-order valence-electron chi connectivity index (χ0n) is 14.9. The summed E-state index contributed by atoms with van der Waals surface area (Å²) in [5, 5.41) is 10.3. The summed E-state index contributed by atoms with van der Waals surface area (Å²) in [5.74, 6) is 1.12. The summed E-state index contributed by atoms with van der Waals surface area (Å²) >= 11 is 0. The molecule has 0 bridgehead atoms. The molecule has 0 radical (unpaired) electrons. The van der Waals surface area contributed by atoms with E-state index >= 15 is 0 Å². The van der Waals surface area contributed by atoms with E-state index in [0.717, 1.165) is 16.8 Å². The molecule has 1 unspecified atom stereocenters. The molecule has 134 valence electrons. The molecule has 1 heterocycles. The molecule has 1 atom stereocenters. The lowest BCUT2D eigenvalue weighted by atomic mass is 10.1. The average Bonchev–Trinajstić information content (AvgIpc) is 3.10. The number of hydrogen-bond donors (Lipinski definition) is 2. The molecular weight excluding hydrogens is 328 g/mol. The van der Waals surface area contributed by atoms with Crippen molar-refractivity contribution >= 4 is 11.6 Å². The topological polar surface area (TPSA) is 80.0 Å². The third kappa shape index (κ3) is 4.77. The molecule has 6 heteroatoms. The maximum absolute atomic E-state index is 11.3. The minimum atomic E-state index is -0.0996. The van der Waals surface area contributed by atoms with Crippen molar-refractivity contribution in [3.63, 3.8) is 0 Å². The molecule has 0 aliphatic carbocycles. The highest BCUT2D eigenvalue weighted by Gasteiger charge is 2.15. The number of anilines is 1. The normalized spacial score (nSPS) is 11.9. The van der Waals surface area contributed by atoms with Crippen LogP contribution in [0.5, 0.6) is 0 Å². The van der Waals surface area contributed by atoms with E-state index in [2.05, 4.69) is 20.8 Å². The third-order valence-corrected chi connectivity index (χ3v) is 3.99. The van der Waals surface area contributed by atoms with Gasteiger partial charge in [0.05, 0.1) is 6.04 Å². The van der Waals surface area contributed by atoms with Gasteiger partial charge in [-0.3, -0.25) is 4.79 Å². The summed E-state index contributed by atoms with van der Waals surface area (Å²) in [7, 11) is 0. The Bertz CT molecular complexity index is 861. The maximum Gasteiger partial charge on any atom is 0.243 e. The second-order valence-electron chi connectivity index (χ2n) is 6.15. The van der Waals surface area contributed by atoms with Gasteiger partial charge in [-0.25, -0.2) is 0 Å². The van der Waals surface area contributed by atoms with E-state index < -0.39 is 0 Å². The molecule has 0 aliphatic heterocycles. The number of carbonyl (C=O) groups excluding carboxylic acids is 1. The standard InChI is InChI=1S/C20H22N4O2/c1-14(21-13-17-10-6-7-11-18(17)22-15(2)25)20-23-19(24-26-20)12-16-8-4-3-5-9-16/h3-11,14,21H,12-13H2,1-2H3,(H,22,25). The number of carbonyl (C=O) groups is 1. The number of benzene rings is 2. The lowest BCUT2D eigenvalue weighted by molar-refractivity contribution is -0.114. The quantitative estimate of drug-likeness (QED) is 0.682. The van der Waals surface area contributed by atoms with Gasteiger partial charge in [-0.15, -0.1) is 0 Å². The Hall–Kier alpha value is -2.99. The first-order chi connectivity index (χ1) is 12.6. The molecule has 0 saturated heterocycles. The van der Waals surface area contributed by atoms with Crippen molar-refractivity contribution in [2.24, 2.45) is 0 Å². The van der Waals surface area contributed by atoms with Crippen LogP contribution in [0, 0.1) is 0 Å². The van der Waals surface area contributed by atoms with Crippen LogP contribution in [0.3, 0.4) is 0 Å². The first-order valence-electron chi connectivity index (χ1n) is 8.57. The summed E-state index contributed by atoms with van der Waals surface area (Å²) in [4.78, 5) is 15.8. The second kappa shape index (κ2) is 8.40. The van der Waals surface area contributed by atoms with Crippen LogP contribution in [0.2, 0.25) is 0 Å². The third-order valence-electron chi connectivity index (χ3n) is 3.99. The summed E-state index contributed by atoms with van der Waals surface area (Å²) in [6.45, 7) is 4.05. The van der Waals surface area contributed by atoms with Crippen LogP contribution < -0.4 is 10.6 Å². The van der Waals surface area contributed by atoms with Crippen molar-refractivity contribution in [2.45, 2.75) is 32.9 Å². The van der Waals surface area contributed by atoms with Crippen molar-refractivity contribution in [1.29, 1.82) is 0 Å². The molecule has 0 saturated carbocycles. The summed E-state index contributed by atoms with van der Waals surface area (Å²) in [5.41, 5.74) is 2.94. The predicted molar refractivity (Wildman–Crippen MR) is 99.5 cm³/mol. The molecule has 0 fully saturated rings. The van der Waals surface area contributed by atoms with E-state index in [1.54, 1.807) is 0 Å². The van der Waals surface area contributed by atoms with E-state index in [1.165, 1.54) is 6.92 Å². The smallest absolute Gasteiger partial charge is 0.243 e. The maximum atomic E-state index is 11.3. The van der Waals surface area contributed by atoms with E-state index in [4.69, 9.17) is 4.52 Å². The lowest BCUT2D eigenvalue weighted by Gasteiger charge is -2.13. The SMILES string of the molecule is CC(=O)Nc1ccccc1CNC(C)c1nc(Cc2ccccc2)no1. The van der Waals surface area contributed by atoms with Crippen LogP contribution >= 0.6 is 0 Å². The van der Waals surface area contributed by atoms with Crippen molar-refractivity contribution in [2.75, 3.05) is 5.32 Å². The predicted octanol–water partition coefficient (Wildman–Crippen LogP) is 3.47. The van der Waals surface area contributed by atoms with Gasteiger partial charge in [0, 0.05) is 25.6 Å². The summed E-state index contributed by atoms with van der Waals surface area (Å²) in [6, 6.07) is 17.6. The van der Waals surface area contributed by atoms with Crippen LogP contribution in [-0.2, 0) is 17.8 Å². The van der Waals surface area contributed by atoms with Gasteiger partial charge in [0.25, 0.3) is 0 Å². The number of nitrogens with zero attached hydrogens (tertiary/aromatic N) is 2. The van der Waals surface area contributed by atoms with Crippen molar-refractivity contribution in [3.8, 4) is 0 Å². The van der Waals surface area contributed by atoms with E-state index in [9.17, 15) is 4.79 Å². The number of amides is 1. The van der Waals surface area contributed by atoms with Crippen LogP contribution in [-0.4, -0.2) is 16.0 Å². The molecule has 0 spiro atoms. The van der Waals surface area contributed by atoms with Gasteiger partial charge >= 0.3 is 0 Å². The number of rotatable bonds is 7. The molecular formula is C20H22N4O2. The fraction of sp³-hybridized carbons (Fsp3) is 0.250. The van der Waals surface area contributed by atoms with Gasteiger partial charge in [-0.1, -0.05) is 53.7 Å². The van der Waals surface area contributed by atoms with E-state index in [1.807, 2.05) is 61.5 Å². The molecule has 3 aromatic rings. The van der Waals surface area contributed by atoms with Gasteiger partial charge in [-0.05, 0) is 24.1 Å². The van der Waals surface area contributed by atoms with Crippen LogP contribution in [0.4, 0.5) is 5.69 Å². The number of hydrogen-bond acceptors (Lipinski definition) is 5. The highest BCUT2D eigenvalue weighted by molar-refractivity contribution is 5.89. The molecule has 6 nitrogen and oxygen atoms in total. The van der Waals surface area contributed by atoms with Crippen molar-refractivity contribution in [3.05, 3.63) is 77.4 Å². The van der Waals surface area contributed by atoms with Gasteiger partial charge < -0.3 is 15.2 Å². The van der Waals surface area contributed by atoms with Crippen molar-refractivity contribution in [1.82, 2.24) is 15.5 Å². The summed E-state index contributed by atoms with van der Waals surface area (Å²) in [6.07, 6.45) is 0.641. The zero-order valence-corrected chi connectivity index (χ0v) is 14.9. The van der Waals surface area contributed by atoms with E-state index in [-0.39, 0.29) is 11.9 Å². The zero-order chi connectivity index (χ0) is 18.4. The largest absolute Gasteiger partial charge is 0.338 e. The Kier molecular flexibility index (Phi) is 5.76. The number of aromatic nitrogens is 2. The minimum Gasteiger partial charge on any atom is -0.338 e. The molecule has 26 heavy (non-hydrogen) atoms. The fourth-order valence-corrected chi connectivity index (χ4v) is 2.63. The average molecular weight is 350 g/mol. The Balaban J connectivity index is 1.61.